The smallest absolute Gasteiger partial charge is 0.199 e. The zero-order valence-electron chi connectivity index (χ0n) is 11.5. The molecule has 21 heavy (non-hydrogen) atoms. The van der Waals surface area contributed by atoms with E-state index in [1.807, 2.05) is 31.2 Å². The molecule has 0 radical (unpaired) electrons. The number of benzene rings is 2. The second-order valence-corrected chi connectivity index (χ2v) is 4.81. The van der Waals surface area contributed by atoms with Crippen molar-refractivity contribution in [3.05, 3.63) is 65.2 Å². The van der Waals surface area contributed by atoms with E-state index in [-0.39, 0.29) is 17.0 Å². The molecular formula is C17H14FNO2. The Morgan fingerprint density at radius 1 is 1.24 bits per heavy atom. The highest BCUT2D eigenvalue weighted by Gasteiger charge is 2.22. The van der Waals surface area contributed by atoms with Crippen LogP contribution < -0.4 is 5.73 Å². The summed E-state index contributed by atoms with van der Waals surface area (Å²) in [7, 11) is 0. The Hall–Kier alpha value is -2.62. The Kier molecular flexibility index (Phi) is 3.22. The average molecular weight is 283 g/mol. The number of halogens is 1. The van der Waals surface area contributed by atoms with Gasteiger partial charge in [-0.1, -0.05) is 25.1 Å². The number of carbonyl (C=O) groups is 1. The van der Waals surface area contributed by atoms with Gasteiger partial charge in [-0.3, -0.25) is 4.79 Å². The SMILES string of the molecule is CCc1oc2ccccc2c1C(=O)c1ccc(F)cc1N. The van der Waals surface area contributed by atoms with Crippen LogP contribution in [0.2, 0.25) is 0 Å². The number of fused-ring (bicyclic) bond motifs is 1. The topological polar surface area (TPSA) is 56.2 Å². The number of ketones is 1. The molecule has 1 heterocycles. The van der Waals surface area contributed by atoms with E-state index < -0.39 is 5.82 Å². The number of nitrogen functional groups attached to an aromatic ring is 1. The van der Waals surface area contributed by atoms with Gasteiger partial charge < -0.3 is 10.2 Å². The van der Waals surface area contributed by atoms with Gasteiger partial charge in [0.25, 0.3) is 0 Å². The van der Waals surface area contributed by atoms with Gasteiger partial charge >= 0.3 is 0 Å². The molecule has 0 aliphatic carbocycles. The fourth-order valence-electron chi connectivity index (χ4n) is 2.47. The number of rotatable bonds is 3. The van der Waals surface area contributed by atoms with E-state index in [1.54, 1.807) is 0 Å². The molecule has 4 heteroatoms. The molecule has 0 fully saturated rings. The summed E-state index contributed by atoms with van der Waals surface area (Å²) < 4.78 is 18.9. The van der Waals surface area contributed by atoms with Crippen LogP contribution in [-0.4, -0.2) is 5.78 Å². The maximum absolute atomic E-state index is 13.1. The fraction of sp³-hybridized carbons (Fsp3) is 0.118. The lowest BCUT2D eigenvalue weighted by Gasteiger charge is -2.05. The molecule has 0 saturated carbocycles. The summed E-state index contributed by atoms with van der Waals surface area (Å²) in [5.74, 6) is -0.0870. The molecule has 0 atom stereocenters. The highest BCUT2D eigenvalue weighted by molar-refractivity contribution is 6.18. The van der Waals surface area contributed by atoms with Gasteiger partial charge in [-0.05, 0) is 24.3 Å². The van der Waals surface area contributed by atoms with Crippen molar-refractivity contribution < 1.29 is 13.6 Å². The Bertz CT molecular complexity index is 836. The van der Waals surface area contributed by atoms with Crippen molar-refractivity contribution in [2.45, 2.75) is 13.3 Å². The average Bonchev–Trinajstić information content (AvgIpc) is 2.85. The largest absolute Gasteiger partial charge is 0.460 e. The molecule has 0 amide bonds. The normalized spacial score (nSPS) is 11.0. The quantitative estimate of drug-likeness (QED) is 0.585. The van der Waals surface area contributed by atoms with Crippen LogP contribution in [0.1, 0.15) is 28.6 Å². The van der Waals surface area contributed by atoms with Crippen molar-refractivity contribution in [2.75, 3.05) is 5.73 Å². The summed E-state index contributed by atoms with van der Waals surface area (Å²) in [6, 6.07) is 11.2. The second kappa shape index (κ2) is 5.05. The maximum atomic E-state index is 13.1. The summed E-state index contributed by atoms with van der Waals surface area (Å²) in [4.78, 5) is 12.8. The fourth-order valence-corrected chi connectivity index (χ4v) is 2.47. The monoisotopic (exact) mass is 283 g/mol. The van der Waals surface area contributed by atoms with E-state index >= 15 is 0 Å². The minimum absolute atomic E-state index is 0.132. The minimum Gasteiger partial charge on any atom is -0.460 e. The molecular weight excluding hydrogens is 269 g/mol. The minimum atomic E-state index is -0.461. The van der Waals surface area contributed by atoms with Gasteiger partial charge in [-0.25, -0.2) is 4.39 Å². The molecule has 3 nitrogen and oxygen atoms in total. The van der Waals surface area contributed by atoms with Gasteiger partial charge in [0.1, 0.15) is 17.2 Å². The first kappa shape index (κ1) is 13.4. The van der Waals surface area contributed by atoms with E-state index in [0.717, 1.165) is 11.5 Å². The lowest BCUT2D eigenvalue weighted by molar-refractivity contribution is 0.103. The molecule has 3 rings (SSSR count). The Morgan fingerprint density at radius 3 is 2.71 bits per heavy atom. The van der Waals surface area contributed by atoms with Crippen LogP contribution in [0.15, 0.2) is 46.9 Å². The number of anilines is 1. The number of para-hydroxylation sites is 1. The standard InChI is InChI=1S/C17H14FNO2/c1-2-14-16(12-5-3-4-6-15(12)21-14)17(20)11-8-7-10(18)9-13(11)19/h3-9H,2,19H2,1H3. The van der Waals surface area contributed by atoms with Gasteiger partial charge in [-0.15, -0.1) is 0 Å². The van der Waals surface area contributed by atoms with Crippen LogP contribution in [0, 0.1) is 5.82 Å². The van der Waals surface area contributed by atoms with Crippen LogP contribution in [0.5, 0.6) is 0 Å². The molecule has 106 valence electrons. The third kappa shape index (κ3) is 2.18. The first-order valence-corrected chi connectivity index (χ1v) is 6.72. The zero-order chi connectivity index (χ0) is 15.0. The van der Waals surface area contributed by atoms with Gasteiger partial charge in [0, 0.05) is 23.1 Å². The number of carbonyl (C=O) groups excluding carboxylic acids is 1. The summed E-state index contributed by atoms with van der Waals surface area (Å²) in [6.07, 6.45) is 0.594. The molecule has 3 aromatic rings. The number of aryl methyl sites for hydroxylation is 1. The van der Waals surface area contributed by atoms with Crippen molar-refractivity contribution in [3.8, 4) is 0 Å². The van der Waals surface area contributed by atoms with Crippen molar-refractivity contribution in [3.63, 3.8) is 0 Å². The molecule has 1 aromatic heterocycles. The lowest BCUT2D eigenvalue weighted by atomic mass is 9.98. The zero-order valence-corrected chi connectivity index (χ0v) is 11.5. The predicted molar refractivity (Wildman–Crippen MR) is 79.8 cm³/mol. The number of furan rings is 1. The number of hydrogen-bond donors (Lipinski definition) is 1. The highest BCUT2D eigenvalue weighted by Crippen LogP contribution is 2.30. The summed E-state index contributed by atoms with van der Waals surface area (Å²) in [5, 5.41) is 0.753. The molecule has 0 aliphatic rings. The summed E-state index contributed by atoms with van der Waals surface area (Å²) in [5.41, 5.74) is 7.36. The van der Waals surface area contributed by atoms with Gasteiger partial charge in [-0.2, -0.15) is 0 Å². The third-order valence-electron chi connectivity index (χ3n) is 3.47. The summed E-state index contributed by atoms with van der Waals surface area (Å²) >= 11 is 0. The van der Waals surface area contributed by atoms with Crippen molar-refractivity contribution >= 4 is 22.4 Å². The van der Waals surface area contributed by atoms with Crippen LogP contribution >= 0.6 is 0 Å². The van der Waals surface area contributed by atoms with Crippen LogP contribution in [0.25, 0.3) is 11.0 Å². The predicted octanol–water partition coefficient (Wildman–Crippen LogP) is 3.95. The van der Waals surface area contributed by atoms with Crippen molar-refractivity contribution in [2.24, 2.45) is 0 Å². The van der Waals surface area contributed by atoms with E-state index in [9.17, 15) is 9.18 Å². The summed E-state index contributed by atoms with van der Waals surface area (Å²) in [6.45, 7) is 1.92. The van der Waals surface area contributed by atoms with E-state index in [1.165, 1.54) is 12.1 Å². The Balaban J connectivity index is 2.21. The van der Waals surface area contributed by atoms with Gasteiger partial charge in [0.05, 0.1) is 5.56 Å². The van der Waals surface area contributed by atoms with Crippen molar-refractivity contribution in [1.82, 2.24) is 0 Å². The molecule has 2 N–H and O–H groups in total. The number of nitrogens with two attached hydrogens (primary N) is 1. The van der Waals surface area contributed by atoms with E-state index in [4.69, 9.17) is 10.2 Å². The molecule has 0 aliphatic heterocycles. The van der Waals surface area contributed by atoms with Gasteiger partial charge in [0.15, 0.2) is 5.78 Å². The maximum Gasteiger partial charge on any atom is 0.199 e. The first-order valence-electron chi connectivity index (χ1n) is 6.72. The molecule has 0 bridgehead atoms. The van der Waals surface area contributed by atoms with Gasteiger partial charge in [0.2, 0.25) is 0 Å². The van der Waals surface area contributed by atoms with Crippen LogP contribution in [0.3, 0.4) is 0 Å². The first-order chi connectivity index (χ1) is 10.1. The highest BCUT2D eigenvalue weighted by atomic mass is 19.1. The lowest BCUT2D eigenvalue weighted by Crippen LogP contribution is -2.07. The van der Waals surface area contributed by atoms with E-state index in [0.29, 0.717) is 23.3 Å². The van der Waals surface area contributed by atoms with Crippen molar-refractivity contribution in [1.29, 1.82) is 0 Å². The second-order valence-electron chi connectivity index (χ2n) is 4.81. The van der Waals surface area contributed by atoms with Crippen LogP contribution in [0.4, 0.5) is 10.1 Å². The Labute approximate surface area is 121 Å². The van der Waals surface area contributed by atoms with Crippen LogP contribution in [-0.2, 0) is 6.42 Å². The molecule has 2 aromatic carbocycles. The molecule has 0 spiro atoms. The molecule has 0 unspecified atom stereocenters. The molecule has 0 saturated heterocycles. The Morgan fingerprint density at radius 2 is 2.00 bits per heavy atom. The number of hydrogen-bond acceptors (Lipinski definition) is 3. The third-order valence-corrected chi connectivity index (χ3v) is 3.47. The van der Waals surface area contributed by atoms with E-state index in [2.05, 4.69) is 0 Å².